The van der Waals surface area contributed by atoms with E-state index in [1.807, 2.05) is 6.08 Å². The minimum Gasteiger partial charge on any atom is -0.325 e. The molecule has 1 aliphatic carbocycles. The summed E-state index contributed by atoms with van der Waals surface area (Å²) in [6.07, 6.45) is 5.87. The minimum atomic E-state index is -0.195. The fraction of sp³-hybridized carbons (Fsp3) is 0.333. The van der Waals surface area contributed by atoms with Crippen molar-refractivity contribution in [1.82, 2.24) is 0 Å². The van der Waals surface area contributed by atoms with E-state index in [4.69, 9.17) is 11.6 Å². The molecule has 0 heterocycles. The molecule has 5 heteroatoms. The number of carbonyl (C=O) groups excluding carboxylic acids is 2. The summed E-state index contributed by atoms with van der Waals surface area (Å²) in [5.41, 5.74) is 1.78. The molecule has 3 nitrogen and oxygen atoms in total. The average Bonchev–Trinajstić information content (AvgIpc) is 2.49. The number of allylic oxidation sites excluding steroid dienone is 2. The molecule has 1 aromatic carbocycles. The van der Waals surface area contributed by atoms with Crippen molar-refractivity contribution in [3.8, 4) is 0 Å². The number of amides is 1. The van der Waals surface area contributed by atoms with E-state index in [0.717, 1.165) is 31.3 Å². The Hall–Kier alpha value is -1.13. The van der Waals surface area contributed by atoms with Gasteiger partial charge in [-0.3, -0.25) is 9.59 Å². The molecule has 1 aliphatic rings. The molecule has 106 valence electrons. The van der Waals surface area contributed by atoms with Crippen LogP contribution in [0.15, 0.2) is 29.8 Å². The molecule has 0 atom stereocenters. The molecule has 0 aliphatic heterocycles. The van der Waals surface area contributed by atoms with Gasteiger partial charge < -0.3 is 5.32 Å². The highest BCUT2D eigenvalue weighted by atomic mass is 79.9. The number of alkyl halides is 1. The van der Waals surface area contributed by atoms with Crippen LogP contribution < -0.4 is 5.32 Å². The molecule has 1 amide bonds. The second-order valence-electron chi connectivity index (χ2n) is 4.68. The van der Waals surface area contributed by atoms with E-state index in [-0.39, 0.29) is 17.0 Å². The third-order valence-electron chi connectivity index (χ3n) is 3.20. The Bertz CT molecular complexity index is 569. The summed E-state index contributed by atoms with van der Waals surface area (Å²) in [4.78, 5) is 24.1. The third-order valence-corrected chi connectivity index (χ3v) is 3.95. The van der Waals surface area contributed by atoms with E-state index in [0.29, 0.717) is 16.3 Å². The van der Waals surface area contributed by atoms with E-state index in [1.165, 1.54) is 0 Å². The largest absolute Gasteiger partial charge is 0.325 e. The molecule has 0 saturated heterocycles. The Morgan fingerprint density at radius 3 is 2.75 bits per heavy atom. The first kappa shape index (κ1) is 15.3. The summed E-state index contributed by atoms with van der Waals surface area (Å²) in [6.45, 7) is 0. The molecular weight excluding hydrogens is 342 g/mol. The molecule has 2 rings (SSSR count). The predicted octanol–water partition coefficient (Wildman–Crippen LogP) is 4.36. The number of hydrogen-bond donors (Lipinski definition) is 1. The lowest BCUT2D eigenvalue weighted by atomic mass is 9.92. The van der Waals surface area contributed by atoms with Gasteiger partial charge in [0.25, 0.3) is 0 Å². The average molecular weight is 357 g/mol. The molecule has 0 bridgehead atoms. The van der Waals surface area contributed by atoms with Crippen LogP contribution in [0.1, 0.15) is 36.0 Å². The van der Waals surface area contributed by atoms with Crippen LogP contribution in [0.4, 0.5) is 5.69 Å². The van der Waals surface area contributed by atoms with E-state index in [9.17, 15) is 9.59 Å². The lowest BCUT2D eigenvalue weighted by Gasteiger charge is -2.15. The van der Waals surface area contributed by atoms with E-state index >= 15 is 0 Å². The van der Waals surface area contributed by atoms with Gasteiger partial charge in [-0.2, -0.15) is 0 Å². The zero-order valence-electron chi connectivity index (χ0n) is 10.9. The second-order valence-corrected chi connectivity index (χ2v) is 5.67. The van der Waals surface area contributed by atoms with Crippen LogP contribution in [0, 0.1) is 0 Å². The van der Waals surface area contributed by atoms with Crippen molar-refractivity contribution < 1.29 is 9.59 Å². The number of carbonyl (C=O) groups is 2. The van der Waals surface area contributed by atoms with Gasteiger partial charge in [-0.05, 0) is 49.5 Å². The molecule has 0 spiro atoms. The van der Waals surface area contributed by atoms with Crippen molar-refractivity contribution in [2.45, 2.75) is 25.7 Å². The molecule has 20 heavy (non-hydrogen) atoms. The lowest BCUT2D eigenvalue weighted by molar-refractivity contribution is -0.113. The van der Waals surface area contributed by atoms with Crippen molar-refractivity contribution in [3.63, 3.8) is 0 Å². The van der Waals surface area contributed by atoms with Gasteiger partial charge in [0.15, 0.2) is 5.78 Å². The molecule has 0 fully saturated rings. The number of Topliss-reactive ketones (excluding diaryl/α,β-unsaturated/α-hetero) is 1. The van der Waals surface area contributed by atoms with Gasteiger partial charge in [-0.15, -0.1) is 0 Å². The first-order valence-electron chi connectivity index (χ1n) is 6.51. The van der Waals surface area contributed by atoms with Crippen molar-refractivity contribution in [2.24, 2.45) is 0 Å². The van der Waals surface area contributed by atoms with Gasteiger partial charge in [-0.1, -0.05) is 33.6 Å². The topological polar surface area (TPSA) is 46.2 Å². The SMILES string of the molecule is O=C(CBr)Nc1ccc(Cl)cc1C(=O)C1=CCCCC1. The molecule has 0 aromatic heterocycles. The summed E-state index contributed by atoms with van der Waals surface area (Å²) >= 11 is 9.07. The predicted molar refractivity (Wildman–Crippen MR) is 84.8 cm³/mol. The zero-order chi connectivity index (χ0) is 14.5. The molecule has 0 radical (unpaired) electrons. The number of benzene rings is 1. The van der Waals surface area contributed by atoms with Crippen molar-refractivity contribution in [3.05, 3.63) is 40.4 Å². The Balaban J connectivity index is 2.33. The highest BCUT2D eigenvalue weighted by Crippen LogP contribution is 2.27. The highest BCUT2D eigenvalue weighted by molar-refractivity contribution is 9.09. The van der Waals surface area contributed by atoms with Crippen molar-refractivity contribution >= 4 is 44.9 Å². The third kappa shape index (κ3) is 3.70. The van der Waals surface area contributed by atoms with Gasteiger partial charge in [0.05, 0.1) is 11.0 Å². The summed E-state index contributed by atoms with van der Waals surface area (Å²) in [5.74, 6) is -0.240. The van der Waals surface area contributed by atoms with Crippen LogP contribution in [0.25, 0.3) is 0 Å². The van der Waals surface area contributed by atoms with Gasteiger partial charge in [-0.25, -0.2) is 0 Å². The molecule has 0 saturated carbocycles. The molecule has 1 aromatic rings. The van der Waals surface area contributed by atoms with Crippen LogP contribution in [0.5, 0.6) is 0 Å². The number of hydrogen-bond acceptors (Lipinski definition) is 2. The molecular formula is C15H15BrClNO2. The van der Waals surface area contributed by atoms with E-state index in [1.54, 1.807) is 18.2 Å². The number of ketones is 1. The standard InChI is InChI=1S/C15H15BrClNO2/c16-9-14(19)18-13-7-6-11(17)8-12(13)15(20)10-4-2-1-3-5-10/h4,6-8H,1-3,5,9H2,(H,18,19). The number of nitrogens with one attached hydrogen (secondary N) is 1. The lowest BCUT2D eigenvalue weighted by Crippen LogP contribution is -2.16. The van der Waals surface area contributed by atoms with E-state index in [2.05, 4.69) is 21.2 Å². The van der Waals surface area contributed by atoms with Gasteiger partial charge in [0.1, 0.15) is 0 Å². The number of anilines is 1. The van der Waals surface area contributed by atoms with Crippen LogP contribution >= 0.6 is 27.5 Å². The summed E-state index contributed by atoms with van der Waals surface area (Å²) < 4.78 is 0. The molecule has 1 N–H and O–H groups in total. The summed E-state index contributed by atoms with van der Waals surface area (Å²) in [7, 11) is 0. The Labute approximate surface area is 131 Å². The summed E-state index contributed by atoms with van der Waals surface area (Å²) in [6, 6.07) is 4.94. The van der Waals surface area contributed by atoms with Crippen LogP contribution in [0.3, 0.4) is 0 Å². The Kier molecular flexibility index (Phi) is 5.38. The van der Waals surface area contributed by atoms with E-state index < -0.39 is 0 Å². The quantitative estimate of drug-likeness (QED) is 0.643. The summed E-state index contributed by atoms with van der Waals surface area (Å²) in [5, 5.41) is 3.39. The smallest absolute Gasteiger partial charge is 0.235 e. The van der Waals surface area contributed by atoms with Crippen molar-refractivity contribution in [1.29, 1.82) is 0 Å². The van der Waals surface area contributed by atoms with Crippen LogP contribution in [0.2, 0.25) is 5.02 Å². The van der Waals surface area contributed by atoms with Gasteiger partial charge >= 0.3 is 0 Å². The van der Waals surface area contributed by atoms with Gasteiger partial charge in [0, 0.05) is 10.6 Å². The fourth-order valence-corrected chi connectivity index (χ4v) is 2.53. The Morgan fingerprint density at radius 2 is 2.10 bits per heavy atom. The monoisotopic (exact) mass is 355 g/mol. The fourth-order valence-electron chi connectivity index (χ4n) is 2.21. The number of halogens is 2. The maximum Gasteiger partial charge on any atom is 0.235 e. The number of rotatable bonds is 4. The van der Waals surface area contributed by atoms with Crippen molar-refractivity contribution in [2.75, 3.05) is 10.6 Å². The normalized spacial score (nSPS) is 14.6. The maximum absolute atomic E-state index is 12.6. The van der Waals surface area contributed by atoms with Crippen LogP contribution in [-0.2, 0) is 4.79 Å². The zero-order valence-corrected chi connectivity index (χ0v) is 13.3. The second kappa shape index (κ2) is 7.04. The highest BCUT2D eigenvalue weighted by Gasteiger charge is 2.19. The van der Waals surface area contributed by atoms with Gasteiger partial charge in [0.2, 0.25) is 5.91 Å². The Morgan fingerprint density at radius 1 is 1.30 bits per heavy atom. The first-order chi connectivity index (χ1) is 9.61. The van der Waals surface area contributed by atoms with Crippen LogP contribution in [-0.4, -0.2) is 17.0 Å². The maximum atomic E-state index is 12.6. The minimum absolute atomic E-state index is 0.0444. The molecule has 0 unspecified atom stereocenters. The first-order valence-corrected chi connectivity index (χ1v) is 8.01.